The minimum atomic E-state index is -0.297. The third kappa shape index (κ3) is 3.62. The molecule has 2 aromatic rings. The topological polar surface area (TPSA) is 69.9 Å². The van der Waals surface area contributed by atoms with Crippen molar-refractivity contribution in [2.45, 2.75) is 12.8 Å². The molecule has 0 unspecified atom stereocenters. The van der Waals surface area contributed by atoms with Gasteiger partial charge >= 0.3 is 0 Å². The average Bonchev–Trinajstić information content (AvgIpc) is 3.41. The summed E-state index contributed by atoms with van der Waals surface area (Å²) in [5, 5.41) is 15.2. The Morgan fingerprint density at radius 1 is 1.00 bits per heavy atom. The lowest BCUT2D eigenvalue weighted by atomic mass is 10.1. The van der Waals surface area contributed by atoms with Gasteiger partial charge in [-0.2, -0.15) is 11.3 Å². The molecule has 1 aromatic heterocycles. The fourth-order valence-electron chi connectivity index (χ4n) is 3.81. The van der Waals surface area contributed by atoms with Gasteiger partial charge in [0, 0.05) is 56.4 Å². The first kappa shape index (κ1) is 17.8. The Hall–Kier alpha value is -2.61. The Labute approximate surface area is 161 Å². The van der Waals surface area contributed by atoms with Crippen LogP contribution in [0.2, 0.25) is 0 Å². The molecule has 1 amide bonds. The zero-order valence-corrected chi connectivity index (χ0v) is 15.9. The summed E-state index contributed by atoms with van der Waals surface area (Å²) in [6.07, 6.45) is 2.15. The minimum absolute atomic E-state index is 0.0809. The second-order valence-corrected chi connectivity index (χ2v) is 7.70. The van der Waals surface area contributed by atoms with E-state index in [9.17, 15) is 14.9 Å². The fourth-order valence-corrected chi connectivity index (χ4v) is 4.44. The first-order chi connectivity index (χ1) is 13.1. The highest BCUT2D eigenvalue weighted by Gasteiger charge is 2.26. The number of hydrogen-bond acceptors (Lipinski definition) is 6. The highest BCUT2D eigenvalue weighted by atomic mass is 32.1. The van der Waals surface area contributed by atoms with Gasteiger partial charge < -0.3 is 14.7 Å². The summed E-state index contributed by atoms with van der Waals surface area (Å²) in [6.45, 7) is 4.51. The maximum Gasteiger partial charge on any atom is 0.292 e. The van der Waals surface area contributed by atoms with E-state index < -0.39 is 0 Å². The number of carbonyl (C=O) groups excluding carboxylic acids is 1. The van der Waals surface area contributed by atoms with Crippen LogP contribution in [-0.4, -0.2) is 55.0 Å². The normalized spacial score (nSPS) is 17.4. The van der Waals surface area contributed by atoms with E-state index >= 15 is 0 Å². The Bertz CT molecular complexity index is 825. The number of amides is 1. The molecule has 0 aliphatic carbocycles. The third-order valence-electron chi connectivity index (χ3n) is 5.30. The molecule has 0 bridgehead atoms. The SMILES string of the molecule is O=C(c1ccsc1)N1CCN(c2ccc([N+](=O)[O-])c(N3CCCC3)c2)CC1. The molecule has 4 rings (SSSR count). The van der Waals surface area contributed by atoms with Crippen LogP contribution >= 0.6 is 11.3 Å². The van der Waals surface area contributed by atoms with E-state index in [1.807, 2.05) is 33.9 Å². The number of benzene rings is 1. The van der Waals surface area contributed by atoms with Crippen LogP contribution in [0.4, 0.5) is 17.1 Å². The lowest BCUT2D eigenvalue weighted by molar-refractivity contribution is -0.384. The van der Waals surface area contributed by atoms with Gasteiger partial charge in [-0.1, -0.05) is 0 Å². The first-order valence-corrected chi connectivity index (χ1v) is 10.2. The van der Waals surface area contributed by atoms with Gasteiger partial charge in [-0.3, -0.25) is 14.9 Å². The molecular formula is C19H22N4O3S. The van der Waals surface area contributed by atoms with Crippen molar-refractivity contribution in [1.29, 1.82) is 0 Å². The minimum Gasteiger partial charge on any atom is -0.368 e. The van der Waals surface area contributed by atoms with E-state index in [1.165, 1.54) is 11.3 Å². The van der Waals surface area contributed by atoms with Gasteiger partial charge in [0.1, 0.15) is 5.69 Å². The summed E-state index contributed by atoms with van der Waals surface area (Å²) in [6, 6.07) is 7.25. The quantitative estimate of drug-likeness (QED) is 0.596. The van der Waals surface area contributed by atoms with Crippen LogP contribution in [-0.2, 0) is 0 Å². The van der Waals surface area contributed by atoms with Crippen molar-refractivity contribution >= 4 is 34.3 Å². The first-order valence-electron chi connectivity index (χ1n) is 9.23. The number of carbonyl (C=O) groups is 1. The monoisotopic (exact) mass is 386 g/mol. The third-order valence-corrected chi connectivity index (χ3v) is 5.99. The van der Waals surface area contributed by atoms with Crippen LogP contribution < -0.4 is 9.80 Å². The van der Waals surface area contributed by atoms with Crippen molar-refractivity contribution in [2.75, 3.05) is 49.1 Å². The number of piperazine rings is 1. The molecule has 2 aliphatic heterocycles. The molecule has 0 spiro atoms. The van der Waals surface area contributed by atoms with Crippen molar-refractivity contribution < 1.29 is 9.72 Å². The summed E-state index contributed by atoms with van der Waals surface area (Å²) in [5.41, 5.74) is 2.63. The smallest absolute Gasteiger partial charge is 0.292 e. The molecule has 0 radical (unpaired) electrons. The maximum atomic E-state index is 12.5. The lowest BCUT2D eigenvalue weighted by Gasteiger charge is -2.36. The number of thiophene rings is 1. The van der Waals surface area contributed by atoms with Crippen LogP contribution in [0.3, 0.4) is 0 Å². The molecule has 0 saturated carbocycles. The maximum absolute atomic E-state index is 12.5. The summed E-state index contributed by atoms with van der Waals surface area (Å²) in [4.78, 5) is 29.8. The van der Waals surface area contributed by atoms with Crippen LogP contribution in [0, 0.1) is 10.1 Å². The van der Waals surface area contributed by atoms with Crippen molar-refractivity contribution in [1.82, 2.24) is 4.90 Å². The Morgan fingerprint density at radius 3 is 2.37 bits per heavy atom. The molecule has 27 heavy (non-hydrogen) atoms. The Kier molecular flexibility index (Phi) is 4.98. The van der Waals surface area contributed by atoms with Gasteiger partial charge in [-0.05, 0) is 36.4 Å². The molecule has 2 fully saturated rings. The van der Waals surface area contributed by atoms with Crippen LogP contribution in [0.25, 0.3) is 0 Å². The molecule has 0 atom stereocenters. The summed E-state index contributed by atoms with van der Waals surface area (Å²) in [5.74, 6) is 0.0809. The standard InChI is InChI=1S/C19H22N4O3S/c24-19(15-5-12-27-14-15)22-10-8-20(9-11-22)16-3-4-17(23(25)26)18(13-16)21-6-1-2-7-21/h3-5,12-14H,1-2,6-11H2. The van der Waals surface area contributed by atoms with Crippen molar-refractivity contribution in [3.63, 3.8) is 0 Å². The number of nitro benzene ring substituents is 1. The van der Waals surface area contributed by atoms with Gasteiger partial charge in [-0.25, -0.2) is 0 Å². The molecule has 0 N–H and O–H groups in total. The van der Waals surface area contributed by atoms with Gasteiger partial charge in [0.05, 0.1) is 10.5 Å². The van der Waals surface area contributed by atoms with Crippen molar-refractivity contribution in [2.24, 2.45) is 0 Å². The average molecular weight is 386 g/mol. The van der Waals surface area contributed by atoms with E-state index in [2.05, 4.69) is 9.80 Å². The van der Waals surface area contributed by atoms with Gasteiger partial charge in [-0.15, -0.1) is 0 Å². The Balaban J connectivity index is 1.48. The second-order valence-electron chi connectivity index (χ2n) is 6.92. The van der Waals surface area contributed by atoms with Crippen LogP contribution in [0.5, 0.6) is 0 Å². The molecule has 8 heteroatoms. The molecule has 2 aliphatic rings. The largest absolute Gasteiger partial charge is 0.368 e. The highest BCUT2D eigenvalue weighted by Crippen LogP contribution is 2.34. The summed E-state index contributed by atoms with van der Waals surface area (Å²) >= 11 is 1.53. The van der Waals surface area contributed by atoms with E-state index in [0.29, 0.717) is 18.8 Å². The predicted octanol–water partition coefficient (Wildman–Crippen LogP) is 3.22. The fraction of sp³-hybridized carbons (Fsp3) is 0.421. The van der Waals surface area contributed by atoms with E-state index in [-0.39, 0.29) is 16.5 Å². The number of nitrogens with zero attached hydrogens (tertiary/aromatic N) is 4. The number of nitro groups is 1. The van der Waals surface area contributed by atoms with Gasteiger partial charge in [0.15, 0.2) is 0 Å². The molecule has 1 aromatic carbocycles. The molecule has 7 nitrogen and oxygen atoms in total. The number of hydrogen-bond donors (Lipinski definition) is 0. The Morgan fingerprint density at radius 2 is 1.74 bits per heavy atom. The van der Waals surface area contributed by atoms with Gasteiger partial charge in [0.2, 0.25) is 0 Å². The highest BCUT2D eigenvalue weighted by molar-refractivity contribution is 7.08. The molecule has 142 valence electrons. The van der Waals surface area contributed by atoms with Crippen LogP contribution in [0.15, 0.2) is 35.0 Å². The predicted molar refractivity (Wildman–Crippen MR) is 107 cm³/mol. The zero-order chi connectivity index (χ0) is 18.8. The molecule has 2 saturated heterocycles. The van der Waals surface area contributed by atoms with E-state index in [0.717, 1.165) is 50.3 Å². The van der Waals surface area contributed by atoms with Crippen molar-refractivity contribution in [3.8, 4) is 0 Å². The van der Waals surface area contributed by atoms with Crippen molar-refractivity contribution in [3.05, 3.63) is 50.7 Å². The van der Waals surface area contributed by atoms with E-state index in [1.54, 1.807) is 6.07 Å². The zero-order valence-electron chi connectivity index (χ0n) is 15.0. The second kappa shape index (κ2) is 7.56. The van der Waals surface area contributed by atoms with Gasteiger partial charge in [0.25, 0.3) is 11.6 Å². The molecular weight excluding hydrogens is 364 g/mol. The summed E-state index contributed by atoms with van der Waals surface area (Å²) < 4.78 is 0. The molecule has 3 heterocycles. The number of anilines is 2. The number of rotatable bonds is 4. The lowest BCUT2D eigenvalue weighted by Crippen LogP contribution is -2.48. The van der Waals surface area contributed by atoms with Crippen LogP contribution in [0.1, 0.15) is 23.2 Å². The summed E-state index contributed by atoms with van der Waals surface area (Å²) in [7, 11) is 0. The van der Waals surface area contributed by atoms with E-state index in [4.69, 9.17) is 0 Å².